The summed E-state index contributed by atoms with van der Waals surface area (Å²) in [5.74, 6) is -0.285. The Balaban J connectivity index is 2.01. The van der Waals surface area contributed by atoms with Gasteiger partial charge in [0.2, 0.25) is 0 Å². The van der Waals surface area contributed by atoms with Crippen LogP contribution in [0.5, 0.6) is 11.5 Å². The summed E-state index contributed by atoms with van der Waals surface area (Å²) in [6.45, 7) is 0.586. The second-order valence-corrected chi connectivity index (χ2v) is 7.56. The molecule has 0 fully saturated rings. The number of benzene rings is 3. The Bertz CT molecular complexity index is 1150. The van der Waals surface area contributed by atoms with Crippen LogP contribution < -0.4 is 14.6 Å². The van der Waals surface area contributed by atoms with E-state index in [2.05, 4.69) is 0 Å². The van der Waals surface area contributed by atoms with Gasteiger partial charge in [-0.05, 0) is 76.6 Å². The van der Waals surface area contributed by atoms with Gasteiger partial charge in [0, 0.05) is 12.4 Å². The Morgan fingerprint density at radius 2 is 1.78 bits per heavy atom. The molecule has 0 unspecified atom stereocenters. The van der Waals surface area contributed by atoms with Crippen molar-refractivity contribution < 1.29 is 32.5 Å². The number of aryl methyl sites for hydroxylation is 1. The number of carboxylic acid groups (broad SMARTS) is 1. The lowest BCUT2D eigenvalue weighted by atomic mass is 9.85. The quantitative estimate of drug-likeness (QED) is 0.578. The number of methoxy groups -OCH3 is 1. The standard InChI is InChI=1S/C25H21F3O4/c1-31-18-7-4-15(5-8-18)19-9-10-21(25(26,27)28)20(14-23(29)30)24(19)17-6-11-22-16(13-17)3-2-12-32-22/h4-11,13H,2-3,12,14H2,1H3,(H,29,30)/p-1. The van der Waals surface area contributed by atoms with E-state index in [-0.39, 0.29) is 11.1 Å². The molecule has 1 aliphatic rings. The first-order valence-corrected chi connectivity index (χ1v) is 10.1. The van der Waals surface area contributed by atoms with Gasteiger partial charge in [0.25, 0.3) is 0 Å². The van der Waals surface area contributed by atoms with E-state index in [1.807, 2.05) is 0 Å². The van der Waals surface area contributed by atoms with Crippen LogP contribution in [0.4, 0.5) is 13.2 Å². The first-order chi connectivity index (χ1) is 15.3. The number of hydrogen-bond donors (Lipinski definition) is 0. The summed E-state index contributed by atoms with van der Waals surface area (Å²) in [6.07, 6.45) is -4.04. The van der Waals surface area contributed by atoms with Crippen LogP contribution in [0, 0.1) is 0 Å². The number of alkyl halides is 3. The van der Waals surface area contributed by atoms with Crippen molar-refractivity contribution in [2.75, 3.05) is 13.7 Å². The highest BCUT2D eigenvalue weighted by atomic mass is 19.4. The van der Waals surface area contributed by atoms with E-state index < -0.39 is 24.1 Å². The SMILES string of the molecule is COc1ccc(-c2ccc(C(F)(F)F)c(CC(=O)[O-])c2-c2ccc3c(c2)CCCO3)cc1. The van der Waals surface area contributed by atoms with Gasteiger partial charge in [0.05, 0.1) is 19.3 Å². The molecule has 0 spiro atoms. The van der Waals surface area contributed by atoms with E-state index in [0.717, 1.165) is 24.5 Å². The summed E-state index contributed by atoms with van der Waals surface area (Å²) in [5.41, 5.74) is 1.44. The fourth-order valence-corrected chi connectivity index (χ4v) is 4.10. The van der Waals surface area contributed by atoms with Crippen molar-refractivity contribution in [2.45, 2.75) is 25.4 Å². The smallest absolute Gasteiger partial charge is 0.416 e. The molecule has 1 aliphatic heterocycles. The molecule has 0 bridgehead atoms. The number of carbonyl (C=O) groups is 1. The maximum absolute atomic E-state index is 13.9. The van der Waals surface area contributed by atoms with Crippen LogP contribution >= 0.6 is 0 Å². The second-order valence-electron chi connectivity index (χ2n) is 7.56. The molecule has 1 heterocycles. The Kier molecular flexibility index (Phi) is 5.82. The van der Waals surface area contributed by atoms with E-state index in [4.69, 9.17) is 9.47 Å². The minimum absolute atomic E-state index is 0.225. The van der Waals surface area contributed by atoms with Gasteiger partial charge in [-0.25, -0.2) is 0 Å². The lowest BCUT2D eigenvalue weighted by molar-refractivity contribution is -0.304. The predicted molar refractivity (Wildman–Crippen MR) is 111 cm³/mol. The van der Waals surface area contributed by atoms with E-state index >= 15 is 0 Å². The molecule has 0 saturated heterocycles. The van der Waals surface area contributed by atoms with Gasteiger partial charge < -0.3 is 19.4 Å². The summed E-state index contributed by atoms with van der Waals surface area (Å²) in [6, 6.07) is 14.4. The van der Waals surface area contributed by atoms with Crippen LogP contribution in [-0.4, -0.2) is 19.7 Å². The highest BCUT2D eigenvalue weighted by Gasteiger charge is 2.35. The van der Waals surface area contributed by atoms with Crippen LogP contribution in [0.15, 0.2) is 54.6 Å². The van der Waals surface area contributed by atoms with Gasteiger partial charge in [0.1, 0.15) is 11.5 Å². The van der Waals surface area contributed by atoms with Crippen LogP contribution in [0.2, 0.25) is 0 Å². The number of halogens is 3. The molecule has 4 rings (SSSR count). The largest absolute Gasteiger partial charge is 0.550 e. The number of fused-ring (bicyclic) bond motifs is 1. The molecule has 0 saturated carbocycles. The first kappa shape index (κ1) is 21.7. The third-order valence-electron chi connectivity index (χ3n) is 5.54. The highest BCUT2D eigenvalue weighted by Crippen LogP contribution is 2.43. The summed E-state index contributed by atoms with van der Waals surface area (Å²) in [7, 11) is 1.52. The van der Waals surface area contributed by atoms with Crippen LogP contribution in [-0.2, 0) is 23.8 Å². The number of carboxylic acids is 1. The van der Waals surface area contributed by atoms with Crippen LogP contribution in [0.25, 0.3) is 22.3 Å². The number of carbonyl (C=O) groups excluding carboxylic acids is 1. The van der Waals surface area contributed by atoms with E-state index in [1.165, 1.54) is 13.2 Å². The highest BCUT2D eigenvalue weighted by molar-refractivity contribution is 5.89. The third-order valence-corrected chi connectivity index (χ3v) is 5.54. The van der Waals surface area contributed by atoms with Gasteiger partial charge in [-0.3, -0.25) is 0 Å². The Hall–Kier alpha value is -3.48. The minimum Gasteiger partial charge on any atom is -0.550 e. The summed E-state index contributed by atoms with van der Waals surface area (Å²) < 4.78 is 52.4. The Labute approximate surface area is 183 Å². The minimum atomic E-state index is -4.71. The van der Waals surface area contributed by atoms with Gasteiger partial charge in [-0.2, -0.15) is 13.2 Å². The van der Waals surface area contributed by atoms with E-state index in [0.29, 0.717) is 34.8 Å². The molecular formula is C25H20F3O4-. The monoisotopic (exact) mass is 441 g/mol. The van der Waals surface area contributed by atoms with Crippen molar-refractivity contribution in [1.29, 1.82) is 0 Å². The molecule has 166 valence electrons. The van der Waals surface area contributed by atoms with Gasteiger partial charge in [0.15, 0.2) is 0 Å². The zero-order chi connectivity index (χ0) is 22.9. The number of rotatable bonds is 5. The molecule has 0 aromatic heterocycles. The van der Waals surface area contributed by atoms with Crippen molar-refractivity contribution in [3.05, 3.63) is 71.3 Å². The van der Waals surface area contributed by atoms with Crippen molar-refractivity contribution >= 4 is 5.97 Å². The Morgan fingerprint density at radius 1 is 1.06 bits per heavy atom. The van der Waals surface area contributed by atoms with Crippen molar-refractivity contribution in [3.63, 3.8) is 0 Å². The summed E-state index contributed by atoms with van der Waals surface area (Å²) in [5, 5.41) is 11.5. The van der Waals surface area contributed by atoms with Crippen molar-refractivity contribution in [2.24, 2.45) is 0 Å². The lowest BCUT2D eigenvalue weighted by Crippen LogP contribution is -2.26. The topological polar surface area (TPSA) is 58.6 Å². The molecular weight excluding hydrogens is 421 g/mol. The normalized spacial score (nSPS) is 13.2. The molecule has 3 aromatic carbocycles. The first-order valence-electron chi connectivity index (χ1n) is 10.1. The molecule has 0 amide bonds. The molecule has 0 aliphatic carbocycles. The van der Waals surface area contributed by atoms with E-state index in [9.17, 15) is 23.1 Å². The summed E-state index contributed by atoms with van der Waals surface area (Å²) in [4.78, 5) is 11.5. The average molecular weight is 441 g/mol. The molecule has 0 atom stereocenters. The molecule has 3 aromatic rings. The van der Waals surface area contributed by atoms with Gasteiger partial charge in [-0.1, -0.05) is 24.3 Å². The number of aliphatic carboxylic acids is 1. The molecule has 0 N–H and O–H groups in total. The molecule has 32 heavy (non-hydrogen) atoms. The fourth-order valence-electron chi connectivity index (χ4n) is 4.10. The van der Waals surface area contributed by atoms with Crippen molar-refractivity contribution in [1.82, 2.24) is 0 Å². The Morgan fingerprint density at radius 3 is 2.44 bits per heavy atom. The number of hydrogen-bond acceptors (Lipinski definition) is 4. The third kappa shape index (κ3) is 4.28. The number of ether oxygens (including phenoxy) is 2. The lowest BCUT2D eigenvalue weighted by Gasteiger charge is -2.23. The zero-order valence-electron chi connectivity index (χ0n) is 17.3. The maximum Gasteiger partial charge on any atom is 0.416 e. The fraction of sp³-hybridized carbons (Fsp3) is 0.240. The van der Waals surface area contributed by atoms with Crippen LogP contribution in [0.3, 0.4) is 0 Å². The predicted octanol–water partition coefficient (Wildman–Crippen LogP) is 4.67. The summed E-state index contributed by atoms with van der Waals surface area (Å²) >= 11 is 0. The molecule has 4 nitrogen and oxygen atoms in total. The average Bonchev–Trinajstić information content (AvgIpc) is 2.77. The van der Waals surface area contributed by atoms with Crippen molar-refractivity contribution in [3.8, 4) is 33.8 Å². The van der Waals surface area contributed by atoms with Crippen LogP contribution in [0.1, 0.15) is 23.1 Å². The molecule has 0 radical (unpaired) electrons. The molecule has 7 heteroatoms. The maximum atomic E-state index is 13.9. The van der Waals surface area contributed by atoms with Gasteiger partial charge >= 0.3 is 6.18 Å². The zero-order valence-corrected chi connectivity index (χ0v) is 17.3. The van der Waals surface area contributed by atoms with Gasteiger partial charge in [-0.15, -0.1) is 0 Å². The van der Waals surface area contributed by atoms with E-state index in [1.54, 1.807) is 42.5 Å². The second kappa shape index (κ2) is 8.57.